The van der Waals surface area contributed by atoms with Crippen LogP contribution in [-0.2, 0) is 14.3 Å². The molecule has 0 fully saturated rings. The summed E-state index contributed by atoms with van der Waals surface area (Å²) in [6.07, 6.45) is 2.58. The number of phenolic OH excluding ortho intramolecular Hbond substituents is 1. The normalized spacial score (nSPS) is 13.1. The number of hydrogen-bond acceptors (Lipinski definition) is 5. The lowest BCUT2D eigenvalue weighted by Gasteiger charge is -2.32. The van der Waals surface area contributed by atoms with Gasteiger partial charge in [-0.2, -0.15) is 0 Å². The number of unbranched alkanes of at least 4 members (excludes halogenated alkanes) is 1. The van der Waals surface area contributed by atoms with Crippen molar-refractivity contribution in [2.75, 3.05) is 13.1 Å². The molecule has 0 bridgehead atoms. The molecule has 0 aliphatic heterocycles. The minimum absolute atomic E-state index is 0.0462. The van der Waals surface area contributed by atoms with Gasteiger partial charge in [0, 0.05) is 12.6 Å². The van der Waals surface area contributed by atoms with Crippen molar-refractivity contribution < 1.29 is 24.2 Å². The molecule has 0 aliphatic carbocycles. The molecule has 8 nitrogen and oxygen atoms in total. The van der Waals surface area contributed by atoms with Crippen molar-refractivity contribution in [3.8, 4) is 5.75 Å². The quantitative estimate of drug-likeness (QED) is 0.475. The van der Waals surface area contributed by atoms with Crippen molar-refractivity contribution in [1.82, 2.24) is 15.5 Å². The molecule has 2 atom stereocenters. The van der Waals surface area contributed by atoms with Crippen LogP contribution in [0.15, 0.2) is 24.3 Å². The number of aromatic hydroxyl groups is 1. The summed E-state index contributed by atoms with van der Waals surface area (Å²) >= 11 is 0. The highest BCUT2D eigenvalue weighted by Crippen LogP contribution is 2.24. The van der Waals surface area contributed by atoms with Gasteiger partial charge in [0.25, 0.3) is 0 Å². The maximum absolute atomic E-state index is 13.3. The molecule has 0 saturated carbocycles. The molecule has 1 rings (SSSR count). The molecule has 32 heavy (non-hydrogen) atoms. The molecule has 1 aromatic carbocycles. The topological polar surface area (TPSA) is 108 Å². The number of nitrogens with one attached hydrogen (secondary N) is 2. The van der Waals surface area contributed by atoms with Gasteiger partial charge in [-0.1, -0.05) is 38.8 Å². The van der Waals surface area contributed by atoms with Crippen LogP contribution in [0.2, 0.25) is 0 Å². The lowest BCUT2D eigenvalue weighted by atomic mass is 10.0. The number of rotatable bonds is 11. The van der Waals surface area contributed by atoms with Crippen LogP contribution >= 0.6 is 0 Å². The molecule has 8 heteroatoms. The van der Waals surface area contributed by atoms with Gasteiger partial charge >= 0.3 is 6.09 Å². The molecular weight excluding hydrogens is 410 g/mol. The van der Waals surface area contributed by atoms with Crippen LogP contribution < -0.4 is 10.6 Å². The van der Waals surface area contributed by atoms with Crippen LogP contribution in [0, 0.1) is 0 Å². The van der Waals surface area contributed by atoms with Gasteiger partial charge in [0.15, 0.2) is 0 Å². The number of amides is 3. The van der Waals surface area contributed by atoms with E-state index < -0.39 is 17.7 Å². The van der Waals surface area contributed by atoms with Gasteiger partial charge in [-0.3, -0.25) is 9.59 Å². The van der Waals surface area contributed by atoms with Gasteiger partial charge in [0.2, 0.25) is 11.8 Å². The molecule has 0 heterocycles. The highest BCUT2D eigenvalue weighted by molar-refractivity contribution is 5.90. The predicted octanol–water partition coefficient (Wildman–Crippen LogP) is 3.89. The second-order valence-corrected chi connectivity index (χ2v) is 8.99. The Morgan fingerprint density at radius 3 is 2.25 bits per heavy atom. The molecule has 0 saturated heterocycles. The zero-order valence-corrected chi connectivity index (χ0v) is 20.2. The van der Waals surface area contributed by atoms with Gasteiger partial charge < -0.3 is 25.4 Å². The summed E-state index contributed by atoms with van der Waals surface area (Å²) in [5.74, 6) is -0.607. The Bertz CT molecular complexity index is 743. The summed E-state index contributed by atoms with van der Waals surface area (Å²) in [5, 5.41) is 15.2. The summed E-state index contributed by atoms with van der Waals surface area (Å²) in [6, 6.07) is 5.33. The third-order valence-electron chi connectivity index (χ3n) is 4.73. The van der Waals surface area contributed by atoms with E-state index in [2.05, 4.69) is 10.6 Å². The van der Waals surface area contributed by atoms with Crippen molar-refractivity contribution in [2.24, 2.45) is 0 Å². The summed E-state index contributed by atoms with van der Waals surface area (Å²) in [5.41, 5.74) is -0.0930. The summed E-state index contributed by atoms with van der Waals surface area (Å²) in [4.78, 5) is 39.9. The number of carbonyl (C=O) groups excluding carboxylic acids is 3. The third kappa shape index (κ3) is 9.58. The Hall–Kier alpha value is -2.77. The summed E-state index contributed by atoms with van der Waals surface area (Å²) < 4.78 is 5.21. The van der Waals surface area contributed by atoms with Crippen molar-refractivity contribution in [2.45, 2.75) is 84.9 Å². The summed E-state index contributed by atoms with van der Waals surface area (Å²) in [7, 11) is 0. The van der Waals surface area contributed by atoms with Gasteiger partial charge in [-0.25, -0.2) is 4.79 Å². The third-order valence-corrected chi connectivity index (χ3v) is 4.73. The maximum Gasteiger partial charge on any atom is 0.408 e. The largest absolute Gasteiger partial charge is 0.508 e. The van der Waals surface area contributed by atoms with Crippen LogP contribution in [0.1, 0.15) is 78.8 Å². The van der Waals surface area contributed by atoms with Gasteiger partial charge in [0.05, 0.1) is 0 Å². The number of alkyl carbamates (subject to hydrolysis) is 1. The minimum atomic E-state index is -0.880. The van der Waals surface area contributed by atoms with Crippen LogP contribution in [0.5, 0.6) is 5.75 Å². The van der Waals surface area contributed by atoms with E-state index in [-0.39, 0.29) is 30.2 Å². The lowest BCUT2D eigenvalue weighted by Crippen LogP contribution is -2.49. The average Bonchev–Trinajstić information content (AvgIpc) is 2.69. The lowest BCUT2D eigenvalue weighted by molar-refractivity contribution is -0.140. The predicted molar refractivity (Wildman–Crippen MR) is 124 cm³/mol. The second kappa shape index (κ2) is 12.9. The number of ether oxygens (including phenoxy) is 1. The molecule has 0 radical (unpaired) electrons. The fourth-order valence-electron chi connectivity index (χ4n) is 3.25. The van der Waals surface area contributed by atoms with E-state index in [0.717, 1.165) is 19.3 Å². The zero-order chi connectivity index (χ0) is 24.3. The number of phenols is 1. The fraction of sp³-hybridized carbons (Fsp3) is 0.625. The first-order valence-electron chi connectivity index (χ1n) is 11.3. The Kier molecular flexibility index (Phi) is 11.0. The first kappa shape index (κ1) is 27.3. The number of carbonyl (C=O) groups is 3. The standard InChI is InChI=1S/C24H39N3O5/c1-7-9-15-27(20(29)16-25-23(31)32-24(4,5)6)21(18-11-13-19(28)14-12-18)22(30)26-17(3)10-8-2/h11-14,17,21,28H,7-10,15-16H2,1-6H3,(H,25,31)(H,26,30). The fourth-order valence-corrected chi connectivity index (χ4v) is 3.25. The maximum atomic E-state index is 13.3. The molecule has 3 amide bonds. The van der Waals surface area contributed by atoms with Crippen molar-refractivity contribution >= 4 is 17.9 Å². The monoisotopic (exact) mass is 449 g/mol. The minimum Gasteiger partial charge on any atom is -0.508 e. The first-order valence-corrected chi connectivity index (χ1v) is 11.3. The van der Waals surface area contributed by atoms with Crippen LogP contribution in [-0.4, -0.2) is 52.6 Å². The van der Waals surface area contributed by atoms with Crippen LogP contribution in [0.4, 0.5) is 4.79 Å². The van der Waals surface area contributed by atoms with Crippen LogP contribution in [0.25, 0.3) is 0 Å². The highest BCUT2D eigenvalue weighted by atomic mass is 16.6. The zero-order valence-electron chi connectivity index (χ0n) is 20.2. The van der Waals surface area contributed by atoms with Gasteiger partial charge in [-0.05, 0) is 58.2 Å². The molecule has 2 unspecified atom stereocenters. The van der Waals surface area contributed by atoms with Gasteiger partial charge in [0.1, 0.15) is 23.9 Å². The van der Waals surface area contributed by atoms with E-state index in [1.54, 1.807) is 32.9 Å². The molecule has 3 N–H and O–H groups in total. The SMILES string of the molecule is CCCCN(C(=O)CNC(=O)OC(C)(C)C)C(C(=O)NC(C)CCC)c1ccc(O)cc1. The molecule has 1 aromatic rings. The Morgan fingerprint density at radius 1 is 1.09 bits per heavy atom. The molecule has 180 valence electrons. The Morgan fingerprint density at radius 2 is 1.72 bits per heavy atom. The van der Waals surface area contributed by atoms with Crippen molar-refractivity contribution in [3.05, 3.63) is 29.8 Å². The molecule has 0 aliphatic rings. The summed E-state index contributed by atoms with van der Waals surface area (Å²) in [6.45, 7) is 11.3. The van der Waals surface area contributed by atoms with E-state index in [9.17, 15) is 19.5 Å². The van der Waals surface area contributed by atoms with E-state index in [0.29, 0.717) is 18.5 Å². The number of benzene rings is 1. The van der Waals surface area contributed by atoms with Crippen molar-refractivity contribution in [1.29, 1.82) is 0 Å². The molecule has 0 spiro atoms. The van der Waals surface area contributed by atoms with E-state index in [1.165, 1.54) is 17.0 Å². The van der Waals surface area contributed by atoms with Crippen molar-refractivity contribution in [3.63, 3.8) is 0 Å². The number of hydrogen-bond donors (Lipinski definition) is 3. The van der Waals surface area contributed by atoms with Gasteiger partial charge in [-0.15, -0.1) is 0 Å². The Labute approximate surface area is 191 Å². The molecular formula is C24H39N3O5. The van der Waals surface area contributed by atoms with E-state index in [1.807, 2.05) is 20.8 Å². The first-order chi connectivity index (χ1) is 15.0. The molecule has 0 aromatic heterocycles. The smallest absolute Gasteiger partial charge is 0.408 e. The van der Waals surface area contributed by atoms with Crippen LogP contribution in [0.3, 0.4) is 0 Å². The highest BCUT2D eigenvalue weighted by Gasteiger charge is 2.32. The van der Waals surface area contributed by atoms with E-state index >= 15 is 0 Å². The number of nitrogens with zero attached hydrogens (tertiary/aromatic N) is 1. The second-order valence-electron chi connectivity index (χ2n) is 8.99. The van der Waals surface area contributed by atoms with E-state index in [4.69, 9.17) is 4.74 Å². The average molecular weight is 450 g/mol. The Balaban J connectivity index is 3.15.